The fraction of sp³-hybridized carbons (Fsp3) is 0.200. The number of methoxy groups -OCH3 is 1. The maximum Gasteiger partial charge on any atom is 0.409 e. The van der Waals surface area contributed by atoms with Crippen molar-refractivity contribution >= 4 is 27.3 Å². The molecule has 27 heavy (non-hydrogen) atoms. The van der Waals surface area contributed by atoms with Crippen molar-refractivity contribution in [3.63, 3.8) is 0 Å². The molecule has 0 radical (unpaired) electrons. The summed E-state index contributed by atoms with van der Waals surface area (Å²) in [7, 11) is -0.341. The van der Waals surface area contributed by atoms with Gasteiger partial charge in [0.25, 0.3) is 0 Å². The summed E-state index contributed by atoms with van der Waals surface area (Å²) in [6.45, 7) is 0. The lowest BCUT2D eigenvalue weighted by Crippen LogP contribution is -2.40. The summed E-state index contributed by atoms with van der Waals surface area (Å²) in [5, 5.41) is 3.99. The van der Waals surface area contributed by atoms with Crippen molar-refractivity contribution in [2.45, 2.75) is 17.1 Å². The number of halogens is 3. The minimum absolute atomic E-state index is 0.285. The van der Waals surface area contributed by atoms with Crippen molar-refractivity contribution in [2.75, 3.05) is 18.2 Å². The molecule has 2 atom stereocenters. The van der Waals surface area contributed by atoms with E-state index in [0.29, 0.717) is 16.0 Å². The van der Waals surface area contributed by atoms with Crippen molar-refractivity contribution in [3.8, 4) is 5.75 Å². The maximum absolute atomic E-state index is 13.5. The van der Waals surface area contributed by atoms with Crippen LogP contribution in [-0.4, -0.2) is 29.3 Å². The number of rotatable bonds is 6. The van der Waals surface area contributed by atoms with Gasteiger partial charge in [0.2, 0.25) is 0 Å². The predicted molar refractivity (Wildman–Crippen MR) is 102 cm³/mol. The van der Waals surface area contributed by atoms with Crippen LogP contribution in [0.4, 0.5) is 18.9 Å². The third-order valence-electron chi connectivity index (χ3n) is 4.14. The fourth-order valence-corrected chi connectivity index (χ4v) is 4.16. The molecule has 0 bridgehead atoms. The van der Waals surface area contributed by atoms with Gasteiger partial charge in [-0.15, -0.1) is 0 Å². The zero-order valence-corrected chi connectivity index (χ0v) is 15.3. The molecule has 0 aliphatic rings. The Morgan fingerprint density at radius 2 is 1.67 bits per heavy atom. The lowest BCUT2D eigenvalue weighted by atomic mass is 10.1. The first-order valence-corrected chi connectivity index (χ1v) is 9.54. The Labute approximate surface area is 157 Å². The lowest BCUT2D eigenvalue weighted by Gasteiger charge is -2.22. The van der Waals surface area contributed by atoms with Crippen LogP contribution >= 0.6 is 0 Å². The van der Waals surface area contributed by atoms with Gasteiger partial charge in [0.15, 0.2) is 0 Å². The zero-order chi connectivity index (χ0) is 19.4. The van der Waals surface area contributed by atoms with E-state index in [0.717, 1.165) is 5.39 Å². The Kier molecular flexibility index (Phi) is 5.70. The van der Waals surface area contributed by atoms with Crippen LogP contribution in [0.1, 0.15) is 0 Å². The van der Waals surface area contributed by atoms with Crippen LogP contribution in [0.3, 0.4) is 0 Å². The van der Waals surface area contributed by atoms with Crippen LogP contribution in [0.25, 0.3) is 10.8 Å². The molecule has 0 aliphatic heterocycles. The van der Waals surface area contributed by atoms with Crippen LogP contribution in [-0.2, 0) is 10.8 Å². The van der Waals surface area contributed by atoms with Crippen LogP contribution in [0, 0.1) is 0 Å². The van der Waals surface area contributed by atoms with Gasteiger partial charge in [-0.3, -0.25) is 4.21 Å². The summed E-state index contributed by atoms with van der Waals surface area (Å²) in [6, 6.07) is 16.6. The fourth-order valence-electron chi connectivity index (χ4n) is 2.74. The number of alkyl halides is 3. The van der Waals surface area contributed by atoms with E-state index >= 15 is 0 Å². The largest absolute Gasteiger partial charge is 0.497 e. The zero-order valence-electron chi connectivity index (χ0n) is 14.5. The molecule has 7 heteroatoms. The molecule has 0 spiro atoms. The molecule has 0 heterocycles. The normalized spacial score (nSPS) is 13.9. The summed E-state index contributed by atoms with van der Waals surface area (Å²) in [5.41, 5.74) is 0.285. The second-order valence-corrected chi connectivity index (χ2v) is 7.42. The van der Waals surface area contributed by atoms with E-state index < -0.39 is 28.8 Å². The molecule has 0 aliphatic carbocycles. The monoisotopic (exact) mass is 393 g/mol. The van der Waals surface area contributed by atoms with E-state index in [4.69, 9.17) is 4.74 Å². The van der Waals surface area contributed by atoms with Crippen molar-refractivity contribution < 1.29 is 22.1 Å². The highest BCUT2D eigenvalue weighted by molar-refractivity contribution is 7.85. The molecule has 0 fully saturated rings. The first kappa shape index (κ1) is 19.2. The summed E-state index contributed by atoms with van der Waals surface area (Å²) in [5.74, 6) is -0.0350. The molecule has 142 valence electrons. The molecule has 0 aromatic heterocycles. The molecule has 3 aromatic rings. The van der Waals surface area contributed by atoms with Crippen LogP contribution in [0.5, 0.6) is 5.75 Å². The van der Waals surface area contributed by atoms with E-state index in [1.807, 2.05) is 18.2 Å². The highest BCUT2D eigenvalue weighted by Crippen LogP contribution is 2.28. The number of hydrogen-bond acceptors (Lipinski definition) is 3. The molecule has 3 rings (SSSR count). The average Bonchev–Trinajstić information content (AvgIpc) is 2.66. The number of nitrogens with one attached hydrogen (secondary N) is 1. The van der Waals surface area contributed by atoms with E-state index in [9.17, 15) is 17.4 Å². The third kappa shape index (κ3) is 4.60. The second-order valence-electron chi connectivity index (χ2n) is 5.96. The Bertz CT molecular complexity index is 937. The standard InChI is InChI=1S/C20H18F3NO2S/c1-26-16-11-9-15(10-12-16)24-19(20(21,22)23)13-27(25)18-8-4-6-14-5-2-3-7-17(14)18/h2-12,19,24H,13H2,1H3/t19-,27?/m1/s1. The van der Waals surface area contributed by atoms with Gasteiger partial charge in [-0.1, -0.05) is 36.4 Å². The highest BCUT2D eigenvalue weighted by atomic mass is 32.2. The summed E-state index contributed by atoms with van der Waals surface area (Å²) < 4.78 is 58.3. The van der Waals surface area contributed by atoms with Gasteiger partial charge in [0.05, 0.1) is 23.7 Å². The second kappa shape index (κ2) is 8.00. The number of anilines is 1. The third-order valence-corrected chi connectivity index (χ3v) is 5.62. The van der Waals surface area contributed by atoms with E-state index in [1.165, 1.54) is 19.2 Å². The van der Waals surface area contributed by atoms with Gasteiger partial charge in [-0.25, -0.2) is 0 Å². The molecule has 3 nitrogen and oxygen atoms in total. The first-order chi connectivity index (χ1) is 12.9. The molecular formula is C20H18F3NO2S. The number of fused-ring (bicyclic) bond motifs is 1. The van der Waals surface area contributed by atoms with Crippen LogP contribution in [0.2, 0.25) is 0 Å². The Morgan fingerprint density at radius 1 is 1.00 bits per heavy atom. The van der Waals surface area contributed by atoms with E-state index in [1.54, 1.807) is 36.4 Å². The van der Waals surface area contributed by atoms with Crippen molar-refractivity contribution in [2.24, 2.45) is 0 Å². The molecule has 1 N–H and O–H groups in total. The van der Waals surface area contributed by atoms with Crippen LogP contribution < -0.4 is 10.1 Å². The molecule has 1 unspecified atom stereocenters. The minimum Gasteiger partial charge on any atom is -0.497 e. The van der Waals surface area contributed by atoms with Crippen LogP contribution in [0.15, 0.2) is 71.6 Å². The predicted octanol–water partition coefficient (Wildman–Crippen LogP) is 5.00. The molecular weight excluding hydrogens is 375 g/mol. The number of benzene rings is 3. The summed E-state index contributed by atoms with van der Waals surface area (Å²) in [4.78, 5) is 0.402. The SMILES string of the molecule is COc1ccc(N[C@H](CS(=O)c2cccc3ccccc23)C(F)(F)F)cc1. The smallest absolute Gasteiger partial charge is 0.409 e. The van der Waals surface area contributed by atoms with Gasteiger partial charge >= 0.3 is 6.18 Å². The van der Waals surface area contributed by atoms with Gasteiger partial charge in [0, 0.05) is 10.6 Å². The quantitative estimate of drug-likeness (QED) is 0.641. The van der Waals surface area contributed by atoms with Crippen molar-refractivity contribution in [1.82, 2.24) is 0 Å². The maximum atomic E-state index is 13.5. The Morgan fingerprint density at radius 3 is 2.33 bits per heavy atom. The van der Waals surface area contributed by atoms with Gasteiger partial charge < -0.3 is 10.1 Å². The number of ether oxygens (including phenoxy) is 1. The van der Waals surface area contributed by atoms with Gasteiger partial charge in [-0.2, -0.15) is 13.2 Å². The van der Waals surface area contributed by atoms with Crippen molar-refractivity contribution in [3.05, 3.63) is 66.7 Å². The molecule has 0 saturated carbocycles. The van der Waals surface area contributed by atoms with E-state index in [-0.39, 0.29) is 5.69 Å². The molecule has 3 aromatic carbocycles. The summed E-state index contributed by atoms with van der Waals surface area (Å²) >= 11 is 0. The minimum atomic E-state index is -4.54. The van der Waals surface area contributed by atoms with Crippen molar-refractivity contribution in [1.29, 1.82) is 0 Å². The summed E-state index contributed by atoms with van der Waals surface area (Å²) in [6.07, 6.45) is -4.54. The Hall–Kier alpha value is -2.54. The lowest BCUT2D eigenvalue weighted by molar-refractivity contribution is -0.137. The van der Waals surface area contributed by atoms with Gasteiger partial charge in [-0.05, 0) is 41.1 Å². The topological polar surface area (TPSA) is 38.3 Å². The molecule has 0 saturated heterocycles. The first-order valence-electron chi connectivity index (χ1n) is 8.22. The Balaban J connectivity index is 1.84. The van der Waals surface area contributed by atoms with E-state index in [2.05, 4.69) is 5.32 Å². The molecule has 0 amide bonds. The number of hydrogen-bond donors (Lipinski definition) is 1. The van der Waals surface area contributed by atoms with Gasteiger partial charge in [0.1, 0.15) is 11.8 Å². The highest BCUT2D eigenvalue weighted by Gasteiger charge is 2.41. The average molecular weight is 393 g/mol.